The van der Waals surface area contributed by atoms with Gasteiger partial charge in [-0.1, -0.05) is 30.3 Å². The molecule has 9 heteroatoms. The van der Waals surface area contributed by atoms with Gasteiger partial charge in [-0.2, -0.15) is 0 Å². The Labute approximate surface area is 227 Å². The molecule has 0 unspecified atom stereocenters. The van der Waals surface area contributed by atoms with Gasteiger partial charge in [-0.15, -0.1) is 0 Å². The minimum Gasteiger partial charge on any atom is -0.465 e. The van der Waals surface area contributed by atoms with Crippen molar-refractivity contribution < 1.29 is 17.9 Å². The molecule has 0 spiro atoms. The van der Waals surface area contributed by atoms with Crippen LogP contribution in [0, 0.1) is 0 Å². The van der Waals surface area contributed by atoms with E-state index in [9.17, 15) is 13.2 Å². The van der Waals surface area contributed by atoms with Crippen molar-refractivity contribution in [1.29, 1.82) is 0 Å². The number of fused-ring (bicyclic) bond motifs is 2. The molecule has 200 valence electrons. The zero-order valence-electron chi connectivity index (χ0n) is 21.9. The fourth-order valence-corrected chi connectivity index (χ4v) is 6.36. The van der Waals surface area contributed by atoms with Crippen molar-refractivity contribution in [3.63, 3.8) is 0 Å². The molecule has 0 fully saturated rings. The van der Waals surface area contributed by atoms with Gasteiger partial charge < -0.3 is 15.0 Å². The molecule has 2 heterocycles. The van der Waals surface area contributed by atoms with E-state index in [0.29, 0.717) is 16.6 Å². The molecule has 39 heavy (non-hydrogen) atoms. The van der Waals surface area contributed by atoms with Gasteiger partial charge in [0.15, 0.2) is 0 Å². The van der Waals surface area contributed by atoms with Crippen molar-refractivity contribution in [3.05, 3.63) is 96.3 Å². The van der Waals surface area contributed by atoms with E-state index < -0.39 is 22.5 Å². The van der Waals surface area contributed by atoms with E-state index >= 15 is 0 Å². The van der Waals surface area contributed by atoms with E-state index in [4.69, 9.17) is 10.5 Å². The van der Waals surface area contributed by atoms with Gasteiger partial charge in [-0.3, -0.25) is 14.1 Å². The largest absolute Gasteiger partial charge is 0.465 e. The highest BCUT2D eigenvalue weighted by Gasteiger charge is 2.30. The molecule has 0 saturated carbocycles. The second-order valence-corrected chi connectivity index (χ2v) is 11.2. The summed E-state index contributed by atoms with van der Waals surface area (Å²) in [6.07, 6.45) is 3.20. The van der Waals surface area contributed by atoms with Crippen LogP contribution in [0.15, 0.2) is 90.0 Å². The molecule has 0 aliphatic rings. The van der Waals surface area contributed by atoms with Gasteiger partial charge in [0.1, 0.15) is 11.4 Å². The molecule has 2 aromatic heterocycles. The zero-order valence-corrected chi connectivity index (χ0v) is 22.7. The number of benzene rings is 3. The molecular weight excluding hydrogens is 512 g/mol. The van der Waals surface area contributed by atoms with E-state index in [-0.39, 0.29) is 11.5 Å². The lowest BCUT2D eigenvalue weighted by Crippen LogP contribution is -2.36. The van der Waals surface area contributed by atoms with Crippen LogP contribution in [0.25, 0.3) is 21.8 Å². The lowest BCUT2D eigenvalue weighted by atomic mass is 10.1. The number of hydrogen-bond acceptors (Lipinski definition) is 6. The summed E-state index contributed by atoms with van der Waals surface area (Å²) in [6, 6.07) is 23.9. The number of aryl methyl sites for hydroxylation is 3. The Hall–Kier alpha value is -4.37. The van der Waals surface area contributed by atoms with Gasteiger partial charge in [0, 0.05) is 40.9 Å². The van der Waals surface area contributed by atoms with Gasteiger partial charge in [0.05, 0.1) is 17.8 Å². The van der Waals surface area contributed by atoms with E-state index in [1.165, 1.54) is 11.6 Å². The molecule has 3 aromatic carbocycles. The van der Waals surface area contributed by atoms with Crippen molar-refractivity contribution in [2.45, 2.75) is 24.7 Å². The second kappa shape index (κ2) is 10.8. The van der Waals surface area contributed by atoms with E-state index in [0.717, 1.165) is 39.4 Å². The summed E-state index contributed by atoms with van der Waals surface area (Å²) in [5.74, 6) is -0.633. The maximum atomic E-state index is 14.0. The molecule has 0 aliphatic heterocycles. The van der Waals surface area contributed by atoms with Crippen LogP contribution < -0.4 is 10.0 Å². The number of sulfonamides is 1. The van der Waals surface area contributed by atoms with Gasteiger partial charge in [0.2, 0.25) is 0 Å². The molecule has 0 atom stereocenters. The number of carbonyl (C=O) groups excluding carboxylic acids is 1. The number of ether oxygens (including phenoxy) is 1. The van der Waals surface area contributed by atoms with Crippen LogP contribution in [0.4, 0.5) is 11.4 Å². The lowest BCUT2D eigenvalue weighted by Gasteiger charge is -2.24. The van der Waals surface area contributed by atoms with E-state index in [2.05, 4.69) is 15.6 Å². The Bertz CT molecular complexity index is 1760. The van der Waals surface area contributed by atoms with Gasteiger partial charge in [0.25, 0.3) is 10.0 Å². The maximum Gasteiger partial charge on any atom is 0.326 e. The normalized spacial score (nSPS) is 11.6. The summed E-state index contributed by atoms with van der Waals surface area (Å²) < 4.78 is 36.4. The number of hydrogen-bond donors (Lipinski definition) is 1. The van der Waals surface area contributed by atoms with E-state index in [1.54, 1.807) is 49.5 Å². The first-order valence-corrected chi connectivity index (χ1v) is 14.2. The summed E-state index contributed by atoms with van der Waals surface area (Å²) in [5, 5.41) is 1.57. The zero-order chi connectivity index (χ0) is 27.6. The molecule has 0 amide bonds. The molecule has 0 radical (unpaired) electrons. The number of nitrogen functional groups attached to an aromatic ring is 1. The smallest absolute Gasteiger partial charge is 0.326 e. The van der Waals surface area contributed by atoms with Crippen molar-refractivity contribution >= 4 is 49.2 Å². The minimum absolute atomic E-state index is 0.0299. The summed E-state index contributed by atoms with van der Waals surface area (Å²) in [5.41, 5.74) is 10.5. The van der Waals surface area contributed by atoms with Crippen molar-refractivity contribution in [1.82, 2.24) is 9.55 Å². The van der Waals surface area contributed by atoms with Crippen LogP contribution in [0.2, 0.25) is 0 Å². The van der Waals surface area contributed by atoms with Crippen LogP contribution in [-0.4, -0.2) is 37.1 Å². The Kier molecular flexibility index (Phi) is 7.26. The lowest BCUT2D eigenvalue weighted by molar-refractivity contribution is -0.141. The highest BCUT2D eigenvalue weighted by Crippen LogP contribution is 2.31. The number of nitrogens with two attached hydrogens (primary N) is 1. The molecule has 0 saturated heterocycles. The molecule has 0 bridgehead atoms. The van der Waals surface area contributed by atoms with Crippen LogP contribution in [0.3, 0.4) is 0 Å². The van der Waals surface area contributed by atoms with Gasteiger partial charge in [-0.25, -0.2) is 8.42 Å². The molecule has 0 aliphatic carbocycles. The van der Waals surface area contributed by atoms with Crippen molar-refractivity contribution in [2.24, 2.45) is 7.05 Å². The number of para-hydroxylation sites is 1. The number of esters is 1. The number of pyridine rings is 1. The monoisotopic (exact) mass is 542 g/mol. The van der Waals surface area contributed by atoms with Gasteiger partial charge in [-0.05, 0) is 73.9 Å². The average molecular weight is 543 g/mol. The first kappa shape index (κ1) is 26.2. The van der Waals surface area contributed by atoms with E-state index in [1.807, 2.05) is 37.4 Å². The number of rotatable bonds is 9. The molecule has 2 N–H and O–H groups in total. The first-order chi connectivity index (χ1) is 18.8. The van der Waals surface area contributed by atoms with Gasteiger partial charge >= 0.3 is 5.97 Å². The molecule has 8 nitrogen and oxygen atoms in total. The Morgan fingerprint density at radius 1 is 0.974 bits per heavy atom. The van der Waals surface area contributed by atoms with Crippen LogP contribution >= 0.6 is 0 Å². The van der Waals surface area contributed by atoms with Crippen molar-refractivity contribution in [2.75, 3.05) is 23.2 Å². The Balaban J connectivity index is 1.53. The van der Waals surface area contributed by atoms with Crippen LogP contribution in [0.5, 0.6) is 0 Å². The number of anilines is 2. The number of nitrogens with zero attached hydrogens (tertiary/aromatic N) is 3. The molecular formula is C30H30N4O4S. The van der Waals surface area contributed by atoms with Crippen LogP contribution in [-0.2, 0) is 39.4 Å². The first-order valence-electron chi connectivity index (χ1n) is 12.7. The SMILES string of the molecule is CCOC(=O)CN(c1ccc2c(c1)cc(CCc1ccc(N)cc1)n2C)S(=O)(=O)c1cccc2cccnc12. The second-order valence-electron chi connectivity index (χ2n) is 9.33. The molecule has 5 aromatic rings. The quantitative estimate of drug-likeness (QED) is 0.211. The fourth-order valence-electron chi connectivity index (χ4n) is 4.79. The number of carbonyl (C=O) groups is 1. The third kappa shape index (κ3) is 5.31. The standard InChI is InChI=1S/C30H30N4O4S/c1-3-38-29(35)20-34(39(36,37)28-8-4-6-22-7-5-17-32-30(22)28)26-15-16-27-23(19-26)18-25(33(27)2)14-11-21-9-12-24(31)13-10-21/h4-10,12-13,15-19H,3,11,14,20,31H2,1-2H3. The summed E-state index contributed by atoms with van der Waals surface area (Å²) >= 11 is 0. The summed E-state index contributed by atoms with van der Waals surface area (Å²) in [7, 11) is -2.17. The van der Waals surface area contributed by atoms with Crippen molar-refractivity contribution in [3.8, 4) is 0 Å². The highest BCUT2D eigenvalue weighted by molar-refractivity contribution is 7.93. The summed E-state index contributed by atoms with van der Waals surface area (Å²) in [4.78, 5) is 16.9. The maximum absolute atomic E-state index is 14.0. The fraction of sp³-hybridized carbons (Fsp3) is 0.200. The average Bonchev–Trinajstić information content (AvgIpc) is 3.25. The Morgan fingerprint density at radius 2 is 1.74 bits per heavy atom. The predicted octanol–water partition coefficient (Wildman–Crippen LogP) is 4.85. The predicted molar refractivity (Wildman–Crippen MR) is 154 cm³/mol. The molecule has 5 rings (SSSR count). The number of aromatic nitrogens is 2. The summed E-state index contributed by atoms with van der Waals surface area (Å²) in [6.45, 7) is 1.38. The minimum atomic E-state index is -4.16. The van der Waals surface area contributed by atoms with Crippen LogP contribution in [0.1, 0.15) is 18.2 Å². The highest BCUT2D eigenvalue weighted by atomic mass is 32.2. The topological polar surface area (TPSA) is 108 Å². The third-order valence-electron chi connectivity index (χ3n) is 6.80. The third-order valence-corrected chi connectivity index (χ3v) is 8.61. The Morgan fingerprint density at radius 3 is 2.51 bits per heavy atom.